The molecule has 37 heavy (non-hydrogen) atoms. The molecular weight excluding hydrogens is 555 g/mol. The van der Waals surface area contributed by atoms with Crippen molar-refractivity contribution in [3.63, 3.8) is 0 Å². The quantitative estimate of drug-likeness (QED) is 0.274. The number of fused-ring (bicyclic) bond motifs is 1. The molecule has 0 saturated heterocycles. The lowest BCUT2D eigenvalue weighted by molar-refractivity contribution is -0.139. The van der Waals surface area contributed by atoms with Gasteiger partial charge in [-0.15, -0.1) is 0 Å². The molecule has 1 atom stereocenters. The lowest BCUT2D eigenvalue weighted by Gasteiger charge is -2.24. The Kier molecular flexibility index (Phi) is 7.14. The van der Waals surface area contributed by atoms with Gasteiger partial charge < -0.3 is 9.15 Å². The van der Waals surface area contributed by atoms with Crippen LogP contribution in [-0.2, 0) is 9.53 Å². The Hall–Kier alpha value is -3.10. The van der Waals surface area contributed by atoms with Gasteiger partial charge >= 0.3 is 5.97 Å². The molecule has 1 aliphatic heterocycles. The van der Waals surface area contributed by atoms with Crippen molar-refractivity contribution in [3.8, 4) is 11.3 Å². The van der Waals surface area contributed by atoms with Crippen molar-refractivity contribution in [2.24, 2.45) is 4.99 Å². The first-order chi connectivity index (χ1) is 17.8. The maximum absolute atomic E-state index is 13.7. The molecule has 0 saturated carbocycles. The number of nitrogens with zero attached hydrogens (tertiary/aromatic N) is 2. The third-order valence-corrected chi connectivity index (χ3v) is 7.58. The zero-order valence-corrected chi connectivity index (χ0v) is 22.7. The largest absolute Gasteiger partial charge is 0.463 e. The smallest absolute Gasteiger partial charge is 0.338 e. The molecule has 0 unspecified atom stereocenters. The van der Waals surface area contributed by atoms with Crippen molar-refractivity contribution in [1.29, 1.82) is 0 Å². The van der Waals surface area contributed by atoms with E-state index in [0.29, 0.717) is 58.3 Å². The topological polar surface area (TPSA) is 73.8 Å². The Morgan fingerprint density at radius 2 is 1.84 bits per heavy atom. The summed E-state index contributed by atoms with van der Waals surface area (Å²) in [7, 11) is 0. The maximum atomic E-state index is 13.7. The molecule has 1 aliphatic rings. The SMILES string of the molecule is CCOC(=O)C1=C(C)N=c2sc(=Cc3ccc(-c4ccc(Cl)cc4Cl)o3)c(=O)n2[C@H]1c1ccc(Cl)cc1. The monoisotopic (exact) mass is 572 g/mol. The molecule has 0 aliphatic carbocycles. The van der Waals surface area contributed by atoms with Gasteiger partial charge in [-0.2, -0.15) is 0 Å². The number of halogens is 3. The zero-order chi connectivity index (χ0) is 26.3. The van der Waals surface area contributed by atoms with E-state index in [4.69, 9.17) is 44.0 Å². The van der Waals surface area contributed by atoms with Crippen molar-refractivity contribution < 1.29 is 13.9 Å². The van der Waals surface area contributed by atoms with Gasteiger partial charge in [0.25, 0.3) is 5.56 Å². The fourth-order valence-corrected chi connectivity index (χ4v) is 5.80. The van der Waals surface area contributed by atoms with Crippen LogP contribution >= 0.6 is 46.1 Å². The molecule has 10 heteroatoms. The average Bonchev–Trinajstić information content (AvgIpc) is 3.43. The number of ether oxygens (including phenoxy) is 1. The molecule has 0 radical (unpaired) electrons. The molecule has 2 aromatic carbocycles. The van der Waals surface area contributed by atoms with E-state index in [1.807, 2.05) is 0 Å². The second kappa shape index (κ2) is 10.3. The summed E-state index contributed by atoms with van der Waals surface area (Å²) in [6, 6.07) is 15.0. The second-order valence-electron chi connectivity index (χ2n) is 8.18. The number of aromatic nitrogens is 1. The molecule has 6 nitrogen and oxygen atoms in total. The molecule has 0 fully saturated rings. The van der Waals surface area contributed by atoms with Crippen LogP contribution in [-0.4, -0.2) is 17.1 Å². The molecular formula is C27H19Cl3N2O4S. The number of hydrogen-bond acceptors (Lipinski definition) is 6. The Morgan fingerprint density at radius 3 is 2.54 bits per heavy atom. The van der Waals surface area contributed by atoms with E-state index >= 15 is 0 Å². The van der Waals surface area contributed by atoms with Gasteiger partial charge in [0.15, 0.2) is 4.80 Å². The van der Waals surface area contributed by atoms with Crippen molar-refractivity contribution in [2.45, 2.75) is 19.9 Å². The molecule has 3 heterocycles. The predicted molar refractivity (Wildman–Crippen MR) is 146 cm³/mol. The lowest BCUT2D eigenvalue weighted by Crippen LogP contribution is -2.39. The summed E-state index contributed by atoms with van der Waals surface area (Å²) in [5.41, 5.74) is 1.89. The number of thiazole rings is 1. The Labute approximate surface area is 230 Å². The van der Waals surface area contributed by atoms with E-state index in [2.05, 4.69) is 4.99 Å². The zero-order valence-electron chi connectivity index (χ0n) is 19.6. The minimum absolute atomic E-state index is 0.200. The first-order valence-corrected chi connectivity index (χ1v) is 13.2. The van der Waals surface area contributed by atoms with Crippen molar-refractivity contribution >= 4 is 58.2 Å². The first kappa shape index (κ1) is 25.5. The van der Waals surface area contributed by atoms with Gasteiger partial charge in [-0.05, 0) is 61.9 Å². The standard InChI is InChI=1S/C27H19Cl3N2O4S/c1-3-35-26(34)23-14(2)31-27-32(24(23)15-4-6-16(28)7-5-15)25(33)22(37-27)13-18-9-11-21(36-18)19-10-8-17(29)12-20(19)30/h4-13,24H,3H2,1-2H3/t24-/m0/s1. The predicted octanol–water partition coefficient (Wildman–Crippen LogP) is 6.02. The highest BCUT2D eigenvalue weighted by Crippen LogP contribution is 2.33. The summed E-state index contributed by atoms with van der Waals surface area (Å²) < 4.78 is 13.2. The Balaban J connectivity index is 1.63. The fraction of sp³-hybridized carbons (Fsp3) is 0.148. The van der Waals surface area contributed by atoms with Crippen LogP contribution in [0.3, 0.4) is 0 Å². The highest BCUT2D eigenvalue weighted by molar-refractivity contribution is 7.07. The van der Waals surface area contributed by atoms with Crippen LogP contribution in [0.25, 0.3) is 17.4 Å². The number of esters is 1. The molecule has 2 aromatic heterocycles. The van der Waals surface area contributed by atoms with E-state index in [1.165, 1.54) is 15.9 Å². The lowest BCUT2D eigenvalue weighted by atomic mass is 9.96. The second-order valence-corrected chi connectivity index (χ2v) is 10.5. The molecule has 0 spiro atoms. The maximum Gasteiger partial charge on any atom is 0.338 e. The van der Waals surface area contributed by atoms with E-state index in [-0.39, 0.29) is 12.2 Å². The van der Waals surface area contributed by atoms with E-state index in [0.717, 1.165) is 0 Å². The highest BCUT2D eigenvalue weighted by atomic mass is 35.5. The number of carbonyl (C=O) groups is 1. The number of hydrogen-bond donors (Lipinski definition) is 0. The van der Waals surface area contributed by atoms with Crippen LogP contribution in [0.15, 0.2) is 80.1 Å². The van der Waals surface area contributed by atoms with Crippen molar-refractivity contribution in [1.82, 2.24) is 4.57 Å². The molecule has 0 bridgehead atoms. The minimum Gasteiger partial charge on any atom is -0.463 e. The van der Waals surface area contributed by atoms with Crippen LogP contribution in [0.2, 0.25) is 15.1 Å². The molecule has 0 amide bonds. The number of allylic oxidation sites excluding steroid dienone is 1. The first-order valence-electron chi connectivity index (χ1n) is 11.3. The molecule has 5 rings (SSSR count). The number of carbonyl (C=O) groups excluding carboxylic acids is 1. The minimum atomic E-state index is -0.713. The van der Waals surface area contributed by atoms with Crippen LogP contribution in [0.5, 0.6) is 0 Å². The molecule has 188 valence electrons. The van der Waals surface area contributed by atoms with Crippen molar-refractivity contribution in [3.05, 3.63) is 112 Å². The van der Waals surface area contributed by atoms with Gasteiger partial charge in [0.2, 0.25) is 0 Å². The van der Waals surface area contributed by atoms with E-state index in [1.54, 1.807) is 74.5 Å². The van der Waals surface area contributed by atoms with Gasteiger partial charge in [-0.25, -0.2) is 9.79 Å². The van der Waals surface area contributed by atoms with E-state index < -0.39 is 12.0 Å². The fourth-order valence-electron chi connectivity index (χ4n) is 4.15. The van der Waals surface area contributed by atoms with Gasteiger partial charge in [0.05, 0.1) is 33.5 Å². The van der Waals surface area contributed by atoms with Crippen LogP contribution in [0.4, 0.5) is 0 Å². The summed E-state index contributed by atoms with van der Waals surface area (Å²) in [5, 5.41) is 1.52. The number of rotatable bonds is 5. The number of furan rings is 1. The Morgan fingerprint density at radius 1 is 1.11 bits per heavy atom. The third kappa shape index (κ3) is 4.92. The van der Waals surface area contributed by atoms with Crippen molar-refractivity contribution in [2.75, 3.05) is 6.61 Å². The van der Waals surface area contributed by atoms with Gasteiger partial charge in [-0.3, -0.25) is 9.36 Å². The van der Waals surface area contributed by atoms with Crippen LogP contribution < -0.4 is 14.9 Å². The summed E-state index contributed by atoms with van der Waals surface area (Å²) in [6.45, 7) is 3.67. The summed E-state index contributed by atoms with van der Waals surface area (Å²) in [4.78, 5) is 31.7. The van der Waals surface area contributed by atoms with Gasteiger partial charge in [-0.1, -0.05) is 58.3 Å². The number of benzene rings is 2. The van der Waals surface area contributed by atoms with E-state index in [9.17, 15) is 9.59 Å². The van der Waals surface area contributed by atoms with Crippen LogP contribution in [0.1, 0.15) is 31.2 Å². The highest BCUT2D eigenvalue weighted by Gasteiger charge is 2.33. The third-order valence-electron chi connectivity index (χ3n) is 5.80. The van der Waals surface area contributed by atoms with Crippen LogP contribution in [0, 0.1) is 0 Å². The Bertz CT molecular complexity index is 1730. The summed E-state index contributed by atoms with van der Waals surface area (Å²) in [5.74, 6) is 0.490. The summed E-state index contributed by atoms with van der Waals surface area (Å²) >= 11 is 19.6. The summed E-state index contributed by atoms with van der Waals surface area (Å²) in [6.07, 6.45) is 1.65. The molecule has 0 N–H and O–H groups in total. The normalized spacial score (nSPS) is 15.5. The van der Waals surface area contributed by atoms with Gasteiger partial charge in [0.1, 0.15) is 11.5 Å². The average molecular weight is 574 g/mol. The molecule has 4 aromatic rings. The van der Waals surface area contributed by atoms with Gasteiger partial charge in [0, 0.05) is 21.7 Å².